The highest BCUT2D eigenvalue weighted by Crippen LogP contribution is 2.39. The predicted molar refractivity (Wildman–Crippen MR) is 97.1 cm³/mol. The number of nitrogens with one attached hydrogen (secondary N) is 2. The molecule has 1 unspecified atom stereocenters. The number of benzene rings is 1. The molecule has 3 nitrogen and oxygen atoms in total. The fourth-order valence-electron chi connectivity index (χ4n) is 4.11. The van der Waals surface area contributed by atoms with E-state index in [4.69, 9.17) is 0 Å². The molecule has 0 aromatic heterocycles. The molecule has 134 valence electrons. The largest absolute Gasteiger partial charge is 0.355 e. The van der Waals surface area contributed by atoms with E-state index < -0.39 is 0 Å². The molecule has 2 N–H and O–H groups in total. The second-order valence-corrected chi connectivity index (χ2v) is 7.13. The Kier molecular flexibility index (Phi) is 7.05. The summed E-state index contributed by atoms with van der Waals surface area (Å²) in [5, 5.41) is 6.50. The lowest BCUT2D eigenvalue weighted by Crippen LogP contribution is -2.43. The molecule has 1 heterocycles. The average Bonchev–Trinajstić information content (AvgIpc) is 3.07. The van der Waals surface area contributed by atoms with Gasteiger partial charge in [0.05, 0.1) is 0 Å². The molecule has 24 heavy (non-hydrogen) atoms. The molecule has 1 amide bonds. The molecular weight excluding hydrogens is 327 g/mol. The van der Waals surface area contributed by atoms with Gasteiger partial charge in [-0.1, -0.05) is 31.4 Å². The zero-order valence-electron chi connectivity index (χ0n) is 14.2. The lowest BCUT2D eigenvalue weighted by Gasteiger charge is -2.38. The number of carbonyl (C=O) groups is 1. The van der Waals surface area contributed by atoms with Gasteiger partial charge in [0.15, 0.2) is 0 Å². The van der Waals surface area contributed by atoms with Crippen molar-refractivity contribution in [2.75, 3.05) is 13.1 Å². The first-order valence-electron chi connectivity index (χ1n) is 8.94. The Balaban J connectivity index is 0.00000208. The third-order valence-corrected chi connectivity index (χ3v) is 5.47. The topological polar surface area (TPSA) is 41.1 Å². The maximum Gasteiger partial charge on any atom is 0.221 e. The molecule has 0 spiro atoms. The minimum absolute atomic E-state index is 0. The van der Waals surface area contributed by atoms with E-state index in [1.54, 1.807) is 12.1 Å². The van der Waals surface area contributed by atoms with Gasteiger partial charge >= 0.3 is 0 Å². The van der Waals surface area contributed by atoms with Crippen molar-refractivity contribution >= 4 is 18.3 Å². The molecule has 0 radical (unpaired) electrons. The van der Waals surface area contributed by atoms with Crippen LogP contribution in [0.2, 0.25) is 0 Å². The van der Waals surface area contributed by atoms with Gasteiger partial charge in [-0.3, -0.25) is 4.79 Å². The third kappa shape index (κ3) is 4.70. The number of hydrogen-bond acceptors (Lipinski definition) is 2. The minimum Gasteiger partial charge on any atom is -0.355 e. The van der Waals surface area contributed by atoms with Gasteiger partial charge < -0.3 is 10.6 Å². The molecule has 1 aliphatic carbocycles. The van der Waals surface area contributed by atoms with Crippen LogP contribution in [0.1, 0.15) is 56.9 Å². The molecule has 2 fully saturated rings. The van der Waals surface area contributed by atoms with Crippen LogP contribution in [0.3, 0.4) is 0 Å². The average molecular weight is 355 g/mol. The summed E-state index contributed by atoms with van der Waals surface area (Å²) < 4.78 is 13.7. The van der Waals surface area contributed by atoms with Crippen LogP contribution >= 0.6 is 12.4 Å². The lowest BCUT2D eigenvalue weighted by atomic mass is 9.69. The molecule has 1 saturated heterocycles. The van der Waals surface area contributed by atoms with E-state index >= 15 is 0 Å². The summed E-state index contributed by atoms with van der Waals surface area (Å²) in [6.07, 6.45) is 8.38. The van der Waals surface area contributed by atoms with Crippen LogP contribution < -0.4 is 10.6 Å². The van der Waals surface area contributed by atoms with Crippen molar-refractivity contribution in [1.82, 2.24) is 10.6 Å². The number of hydrogen-bond donors (Lipinski definition) is 2. The Morgan fingerprint density at radius 1 is 1.25 bits per heavy atom. The molecule has 3 rings (SSSR count). The van der Waals surface area contributed by atoms with Crippen molar-refractivity contribution in [3.05, 3.63) is 35.6 Å². The van der Waals surface area contributed by atoms with Gasteiger partial charge in [-0.05, 0) is 49.9 Å². The molecule has 5 heteroatoms. The Morgan fingerprint density at radius 2 is 2.04 bits per heavy atom. The summed E-state index contributed by atoms with van der Waals surface area (Å²) in [5.41, 5.74) is 0.940. The second-order valence-electron chi connectivity index (χ2n) is 7.13. The zero-order chi connectivity index (χ0) is 16.1. The van der Waals surface area contributed by atoms with E-state index in [1.165, 1.54) is 12.5 Å². The fourth-order valence-corrected chi connectivity index (χ4v) is 4.11. The van der Waals surface area contributed by atoms with E-state index in [0.29, 0.717) is 19.0 Å². The maximum absolute atomic E-state index is 13.7. The van der Waals surface area contributed by atoms with Crippen LogP contribution in [0.5, 0.6) is 0 Å². The highest BCUT2D eigenvalue weighted by Gasteiger charge is 2.34. The molecule has 1 saturated carbocycles. The molecular formula is C19H28ClFN2O. The number of halogens is 2. The SMILES string of the molecule is Cl.O=C(CC1CCCN1)NCC1(c2cccc(F)c2)CCCCC1. The van der Waals surface area contributed by atoms with Gasteiger partial charge in [0.25, 0.3) is 0 Å². The zero-order valence-corrected chi connectivity index (χ0v) is 15.0. The molecule has 1 aliphatic heterocycles. The highest BCUT2D eigenvalue weighted by atomic mass is 35.5. The van der Waals surface area contributed by atoms with Gasteiger partial charge in [-0.25, -0.2) is 4.39 Å². The Morgan fingerprint density at radius 3 is 2.71 bits per heavy atom. The molecule has 2 aliphatic rings. The first kappa shape index (κ1) is 19.2. The van der Waals surface area contributed by atoms with Crippen LogP contribution in [0.15, 0.2) is 24.3 Å². The maximum atomic E-state index is 13.7. The summed E-state index contributed by atoms with van der Waals surface area (Å²) >= 11 is 0. The third-order valence-electron chi connectivity index (χ3n) is 5.47. The summed E-state index contributed by atoms with van der Waals surface area (Å²) in [4.78, 5) is 12.3. The molecule has 1 aromatic carbocycles. The van der Waals surface area contributed by atoms with Crippen molar-refractivity contribution in [3.63, 3.8) is 0 Å². The Hall–Kier alpha value is -1.13. The van der Waals surface area contributed by atoms with E-state index in [2.05, 4.69) is 10.6 Å². The Bertz CT molecular complexity index is 540. The van der Waals surface area contributed by atoms with Crippen LogP contribution in [0.25, 0.3) is 0 Å². The van der Waals surface area contributed by atoms with Crippen LogP contribution in [-0.4, -0.2) is 25.0 Å². The van der Waals surface area contributed by atoms with Crippen molar-refractivity contribution in [3.8, 4) is 0 Å². The van der Waals surface area contributed by atoms with Gasteiger partial charge in [0.2, 0.25) is 5.91 Å². The van der Waals surface area contributed by atoms with Crippen molar-refractivity contribution in [2.45, 2.75) is 62.8 Å². The van der Waals surface area contributed by atoms with Crippen LogP contribution in [-0.2, 0) is 10.2 Å². The summed E-state index contributed by atoms with van der Waals surface area (Å²) in [6.45, 7) is 1.65. The normalized spacial score (nSPS) is 22.6. The van der Waals surface area contributed by atoms with Gasteiger partial charge in [0.1, 0.15) is 5.82 Å². The van der Waals surface area contributed by atoms with Gasteiger partial charge in [0, 0.05) is 24.4 Å². The first-order valence-corrected chi connectivity index (χ1v) is 8.94. The summed E-state index contributed by atoms with van der Waals surface area (Å²) in [5.74, 6) is -0.0697. The van der Waals surface area contributed by atoms with E-state index in [9.17, 15) is 9.18 Å². The minimum atomic E-state index is -0.186. The van der Waals surface area contributed by atoms with E-state index in [-0.39, 0.29) is 29.5 Å². The highest BCUT2D eigenvalue weighted by molar-refractivity contribution is 5.85. The van der Waals surface area contributed by atoms with E-state index in [1.807, 2.05) is 6.07 Å². The lowest BCUT2D eigenvalue weighted by molar-refractivity contribution is -0.121. The van der Waals surface area contributed by atoms with Gasteiger partial charge in [-0.15, -0.1) is 12.4 Å². The first-order chi connectivity index (χ1) is 11.2. The smallest absolute Gasteiger partial charge is 0.221 e. The second kappa shape index (κ2) is 8.82. The standard InChI is InChI=1S/C19H27FN2O.ClH/c20-16-7-4-6-15(12-16)19(9-2-1-3-10-19)14-22-18(23)13-17-8-5-11-21-17;/h4,6-7,12,17,21H,1-3,5,8-11,13-14H2,(H,22,23);1H. The molecule has 1 aromatic rings. The fraction of sp³-hybridized carbons (Fsp3) is 0.632. The molecule has 1 atom stereocenters. The van der Waals surface area contributed by atoms with Crippen molar-refractivity contribution < 1.29 is 9.18 Å². The number of rotatable bonds is 5. The Labute approximate surface area is 150 Å². The predicted octanol–water partition coefficient (Wildman–Crippen LogP) is 3.71. The monoisotopic (exact) mass is 354 g/mol. The summed E-state index contributed by atoms with van der Waals surface area (Å²) in [7, 11) is 0. The quantitative estimate of drug-likeness (QED) is 0.846. The summed E-state index contributed by atoms with van der Waals surface area (Å²) in [6, 6.07) is 7.26. The van der Waals surface area contributed by atoms with Crippen molar-refractivity contribution in [1.29, 1.82) is 0 Å². The van der Waals surface area contributed by atoms with Crippen LogP contribution in [0, 0.1) is 5.82 Å². The number of carbonyl (C=O) groups excluding carboxylic acids is 1. The van der Waals surface area contributed by atoms with E-state index in [0.717, 1.165) is 50.6 Å². The molecule has 0 bridgehead atoms. The van der Waals surface area contributed by atoms with Crippen molar-refractivity contribution in [2.24, 2.45) is 0 Å². The number of amides is 1. The van der Waals surface area contributed by atoms with Gasteiger partial charge in [-0.2, -0.15) is 0 Å². The van der Waals surface area contributed by atoms with Crippen LogP contribution in [0.4, 0.5) is 4.39 Å².